The molecule has 0 unspecified atom stereocenters. The number of thiazole rings is 1. The Morgan fingerprint density at radius 2 is 1.82 bits per heavy atom. The largest absolute Gasteiger partial charge is 0.494 e. The minimum absolute atomic E-state index is 0.0464. The minimum Gasteiger partial charge on any atom is -0.494 e. The third-order valence-electron chi connectivity index (χ3n) is 4.27. The van der Waals surface area contributed by atoms with Gasteiger partial charge in [0.05, 0.1) is 18.2 Å². The van der Waals surface area contributed by atoms with Gasteiger partial charge in [-0.1, -0.05) is 30.3 Å². The van der Waals surface area contributed by atoms with Gasteiger partial charge >= 0.3 is 5.97 Å². The minimum atomic E-state index is -0.993. The van der Waals surface area contributed by atoms with E-state index < -0.39 is 11.9 Å². The molecule has 2 aromatic carbocycles. The lowest BCUT2D eigenvalue weighted by molar-refractivity contribution is -0.140. The zero-order valence-electron chi connectivity index (χ0n) is 15.5. The van der Waals surface area contributed by atoms with Crippen LogP contribution in [0.5, 0.6) is 5.75 Å². The van der Waals surface area contributed by atoms with Gasteiger partial charge in [-0.05, 0) is 36.8 Å². The van der Waals surface area contributed by atoms with E-state index in [1.165, 1.54) is 11.3 Å². The molecule has 1 heterocycles. The van der Waals surface area contributed by atoms with Crippen molar-refractivity contribution >= 4 is 23.1 Å². The van der Waals surface area contributed by atoms with Gasteiger partial charge in [-0.3, -0.25) is 9.59 Å². The van der Waals surface area contributed by atoms with Crippen LogP contribution in [0.2, 0.25) is 0 Å². The third-order valence-corrected chi connectivity index (χ3v) is 5.21. The van der Waals surface area contributed by atoms with Gasteiger partial charge in [0.1, 0.15) is 16.5 Å². The smallest absolute Gasteiger partial charge is 0.311 e. The first kappa shape index (κ1) is 19.8. The lowest BCUT2D eigenvalue weighted by Gasteiger charge is -2.11. The molecule has 0 aliphatic heterocycles. The van der Waals surface area contributed by atoms with Crippen molar-refractivity contribution in [1.29, 1.82) is 0 Å². The molecule has 144 valence electrons. The predicted molar refractivity (Wildman–Crippen MR) is 109 cm³/mol. The van der Waals surface area contributed by atoms with Crippen molar-refractivity contribution in [2.45, 2.75) is 25.7 Å². The summed E-state index contributed by atoms with van der Waals surface area (Å²) in [4.78, 5) is 28.6. The Morgan fingerprint density at radius 1 is 1.11 bits per heavy atom. The van der Waals surface area contributed by atoms with E-state index in [0.29, 0.717) is 17.9 Å². The number of carboxylic acid groups (broad SMARTS) is 1. The average Bonchev–Trinajstić information content (AvgIpc) is 3.16. The van der Waals surface area contributed by atoms with Gasteiger partial charge in [-0.2, -0.15) is 0 Å². The van der Waals surface area contributed by atoms with Gasteiger partial charge < -0.3 is 9.84 Å². The number of nitrogens with zero attached hydrogens (tertiary/aromatic N) is 1. The number of benzene rings is 2. The van der Waals surface area contributed by atoms with Crippen LogP contribution in [0.3, 0.4) is 0 Å². The summed E-state index contributed by atoms with van der Waals surface area (Å²) in [5.74, 6) is -1.16. The van der Waals surface area contributed by atoms with Gasteiger partial charge in [0.15, 0.2) is 0 Å². The molecule has 1 aromatic heterocycles. The van der Waals surface area contributed by atoms with Crippen molar-refractivity contribution in [1.82, 2.24) is 4.98 Å². The molecule has 0 bridgehead atoms. The maximum absolute atomic E-state index is 12.4. The lowest BCUT2D eigenvalue weighted by atomic mass is 9.93. The molecule has 3 rings (SSSR count). The molecule has 1 N–H and O–H groups in total. The molecule has 0 saturated heterocycles. The van der Waals surface area contributed by atoms with E-state index in [2.05, 4.69) is 4.98 Å². The number of Topliss-reactive ketones (excluding diaryl/α,β-unsaturated/α-hetero) is 1. The summed E-state index contributed by atoms with van der Waals surface area (Å²) in [6.07, 6.45) is 0.0827. The molecule has 5 nitrogen and oxygen atoms in total. The number of rotatable bonds is 9. The highest BCUT2D eigenvalue weighted by atomic mass is 32.1. The summed E-state index contributed by atoms with van der Waals surface area (Å²) in [6.45, 7) is 2.55. The maximum atomic E-state index is 12.4. The van der Waals surface area contributed by atoms with Crippen LogP contribution in [0.4, 0.5) is 0 Å². The van der Waals surface area contributed by atoms with E-state index in [4.69, 9.17) is 4.74 Å². The molecule has 0 amide bonds. The summed E-state index contributed by atoms with van der Waals surface area (Å²) in [6, 6.07) is 16.5. The van der Waals surface area contributed by atoms with Crippen molar-refractivity contribution < 1.29 is 19.4 Å². The van der Waals surface area contributed by atoms with Crippen LogP contribution in [0, 0.1) is 0 Å². The number of aromatic nitrogens is 1. The molecule has 0 aliphatic carbocycles. The number of hydrogen-bond acceptors (Lipinski definition) is 5. The second-order valence-corrected chi connectivity index (χ2v) is 7.18. The second kappa shape index (κ2) is 9.28. The van der Waals surface area contributed by atoms with Gasteiger partial charge in [0, 0.05) is 23.8 Å². The molecule has 6 heteroatoms. The SMILES string of the molecule is CCOc1ccc(-c2nc(CC(=O)C[C@H](C(=O)O)c3ccccc3)cs2)cc1. The van der Waals surface area contributed by atoms with Crippen LogP contribution in [-0.2, 0) is 16.0 Å². The van der Waals surface area contributed by atoms with Crippen LogP contribution in [0.15, 0.2) is 60.0 Å². The van der Waals surface area contributed by atoms with E-state index >= 15 is 0 Å². The number of hydrogen-bond donors (Lipinski definition) is 1. The normalized spacial score (nSPS) is 11.8. The molecule has 0 fully saturated rings. The number of carboxylic acids is 1. The molecule has 3 aromatic rings. The summed E-state index contributed by atoms with van der Waals surface area (Å²) >= 11 is 1.46. The zero-order chi connectivity index (χ0) is 19.9. The van der Waals surface area contributed by atoms with Gasteiger partial charge in [-0.25, -0.2) is 4.98 Å². The monoisotopic (exact) mass is 395 g/mol. The summed E-state index contributed by atoms with van der Waals surface area (Å²) in [7, 11) is 0. The topological polar surface area (TPSA) is 76.5 Å². The molecule has 0 aliphatic rings. The van der Waals surface area contributed by atoms with E-state index in [0.717, 1.165) is 16.3 Å². The summed E-state index contributed by atoms with van der Waals surface area (Å²) in [5.41, 5.74) is 2.26. The number of ether oxygens (including phenoxy) is 1. The highest BCUT2D eigenvalue weighted by Crippen LogP contribution is 2.27. The summed E-state index contributed by atoms with van der Waals surface area (Å²) < 4.78 is 5.44. The predicted octanol–water partition coefficient (Wildman–Crippen LogP) is 4.58. The molecule has 0 spiro atoms. The van der Waals surface area contributed by atoms with Crippen molar-refractivity contribution in [3.05, 3.63) is 71.2 Å². The molecular weight excluding hydrogens is 374 g/mol. The fourth-order valence-corrected chi connectivity index (χ4v) is 3.74. The van der Waals surface area contributed by atoms with Gasteiger partial charge in [-0.15, -0.1) is 11.3 Å². The van der Waals surface area contributed by atoms with Gasteiger partial charge in [0.2, 0.25) is 0 Å². The number of ketones is 1. The second-order valence-electron chi connectivity index (χ2n) is 6.32. The van der Waals surface area contributed by atoms with Crippen LogP contribution >= 0.6 is 11.3 Å². The van der Waals surface area contributed by atoms with E-state index in [1.807, 2.05) is 42.6 Å². The van der Waals surface area contributed by atoms with E-state index in [-0.39, 0.29) is 18.6 Å². The Kier molecular flexibility index (Phi) is 6.55. The van der Waals surface area contributed by atoms with Crippen molar-refractivity contribution in [2.24, 2.45) is 0 Å². The third kappa shape index (κ3) is 5.04. The van der Waals surface area contributed by atoms with Crippen LogP contribution in [0.1, 0.15) is 30.5 Å². The molecule has 0 radical (unpaired) electrons. The van der Waals surface area contributed by atoms with Crippen molar-refractivity contribution in [3.8, 4) is 16.3 Å². The van der Waals surface area contributed by atoms with E-state index in [9.17, 15) is 14.7 Å². The molecule has 1 atom stereocenters. The highest BCUT2D eigenvalue weighted by Gasteiger charge is 2.23. The average molecular weight is 395 g/mol. The fraction of sp³-hybridized carbons (Fsp3) is 0.227. The standard InChI is InChI=1S/C22H21NO4S/c1-2-27-19-10-8-16(9-11-19)21-23-17(14-28-21)12-18(24)13-20(22(25)26)15-6-4-3-5-7-15/h3-11,14,20H,2,12-13H2,1H3,(H,25,26)/t20-/m0/s1. The van der Waals surface area contributed by atoms with Crippen LogP contribution in [-0.4, -0.2) is 28.4 Å². The molecule has 0 saturated carbocycles. The zero-order valence-corrected chi connectivity index (χ0v) is 16.3. The van der Waals surface area contributed by atoms with Crippen molar-refractivity contribution in [2.75, 3.05) is 6.61 Å². The van der Waals surface area contributed by atoms with Crippen LogP contribution in [0.25, 0.3) is 10.6 Å². The molecule has 28 heavy (non-hydrogen) atoms. The first-order valence-electron chi connectivity index (χ1n) is 9.04. The first-order valence-corrected chi connectivity index (χ1v) is 9.92. The number of carbonyl (C=O) groups is 2. The summed E-state index contributed by atoms with van der Waals surface area (Å²) in [5, 5.41) is 12.2. The van der Waals surface area contributed by atoms with E-state index in [1.54, 1.807) is 24.3 Å². The number of aliphatic carboxylic acids is 1. The Hall–Kier alpha value is -2.99. The Bertz CT molecular complexity index is 935. The van der Waals surface area contributed by atoms with Gasteiger partial charge in [0.25, 0.3) is 0 Å². The van der Waals surface area contributed by atoms with Crippen molar-refractivity contribution in [3.63, 3.8) is 0 Å². The fourth-order valence-electron chi connectivity index (χ4n) is 2.92. The quantitative estimate of drug-likeness (QED) is 0.574. The Labute approximate surface area is 167 Å². The highest BCUT2D eigenvalue weighted by molar-refractivity contribution is 7.13. The Balaban J connectivity index is 1.65. The maximum Gasteiger partial charge on any atom is 0.311 e. The Morgan fingerprint density at radius 3 is 2.46 bits per heavy atom. The van der Waals surface area contributed by atoms with Crippen LogP contribution < -0.4 is 4.74 Å². The number of carbonyl (C=O) groups excluding carboxylic acids is 1. The molecular formula is C22H21NO4S. The first-order chi connectivity index (χ1) is 13.6. The lowest BCUT2D eigenvalue weighted by Crippen LogP contribution is -2.17.